The second kappa shape index (κ2) is 8.14. The number of rotatable bonds is 7. The van der Waals surface area contributed by atoms with Crippen LogP contribution in [0.25, 0.3) is 0 Å². The maximum Gasteiger partial charge on any atom is 0.333 e. The van der Waals surface area contributed by atoms with Crippen molar-refractivity contribution in [2.75, 3.05) is 6.54 Å². The lowest BCUT2D eigenvalue weighted by Gasteiger charge is -2.13. The number of nitrogens with one attached hydrogen (secondary N) is 1. The molecule has 0 saturated heterocycles. The Labute approximate surface area is 168 Å². The maximum atomic E-state index is 12.3. The number of fused-ring (bicyclic) bond motifs is 1. The van der Waals surface area contributed by atoms with Gasteiger partial charge in [0.2, 0.25) is 10.0 Å². The van der Waals surface area contributed by atoms with E-state index in [9.17, 15) is 22.8 Å². The Morgan fingerprint density at radius 2 is 1.62 bits per heavy atom. The molecule has 0 saturated carbocycles. The number of hydrogen-bond acceptors (Lipinski definition) is 6. The van der Waals surface area contributed by atoms with Crippen LogP contribution in [0.2, 0.25) is 0 Å². The van der Waals surface area contributed by atoms with Crippen LogP contribution in [0.4, 0.5) is 0 Å². The molecular formula is C20H20N2O6S. The first kappa shape index (κ1) is 20.7. The fourth-order valence-corrected chi connectivity index (χ4v) is 3.96. The van der Waals surface area contributed by atoms with Crippen molar-refractivity contribution < 1.29 is 27.6 Å². The van der Waals surface area contributed by atoms with Crippen LogP contribution in [-0.2, 0) is 19.7 Å². The number of aryl methyl sites for hydroxylation is 2. The van der Waals surface area contributed by atoms with Crippen molar-refractivity contribution in [1.82, 2.24) is 9.79 Å². The second-order valence-corrected chi connectivity index (χ2v) is 8.43. The molecule has 0 spiro atoms. The predicted molar refractivity (Wildman–Crippen MR) is 103 cm³/mol. The summed E-state index contributed by atoms with van der Waals surface area (Å²) in [6, 6.07) is 11.0. The molecule has 0 aliphatic carbocycles. The zero-order valence-corrected chi connectivity index (χ0v) is 16.8. The van der Waals surface area contributed by atoms with Gasteiger partial charge in [0.15, 0.2) is 0 Å². The molecule has 1 N–H and O–H groups in total. The third-order valence-corrected chi connectivity index (χ3v) is 6.05. The van der Waals surface area contributed by atoms with Crippen molar-refractivity contribution in [3.63, 3.8) is 0 Å². The molecule has 0 bridgehead atoms. The van der Waals surface area contributed by atoms with Gasteiger partial charge in [0.1, 0.15) is 0 Å². The lowest BCUT2D eigenvalue weighted by molar-refractivity contribution is -0.168. The summed E-state index contributed by atoms with van der Waals surface area (Å²) < 4.78 is 27.0. The number of sulfonamides is 1. The highest BCUT2D eigenvalue weighted by Crippen LogP contribution is 2.23. The third kappa shape index (κ3) is 4.36. The van der Waals surface area contributed by atoms with Gasteiger partial charge in [-0.2, -0.15) is 0 Å². The van der Waals surface area contributed by atoms with Gasteiger partial charge < -0.3 is 4.84 Å². The van der Waals surface area contributed by atoms with Gasteiger partial charge in [-0.05, 0) is 55.7 Å². The van der Waals surface area contributed by atoms with E-state index in [4.69, 9.17) is 4.84 Å². The van der Waals surface area contributed by atoms with Crippen LogP contribution in [0.1, 0.15) is 44.7 Å². The molecular weight excluding hydrogens is 396 g/mol. The van der Waals surface area contributed by atoms with Gasteiger partial charge in [0.05, 0.1) is 16.0 Å². The topological polar surface area (TPSA) is 110 Å². The molecule has 2 aromatic carbocycles. The molecule has 0 atom stereocenters. The summed E-state index contributed by atoms with van der Waals surface area (Å²) in [5.74, 6) is -2.20. The molecule has 3 rings (SSSR count). The molecule has 0 fully saturated rings. The quantitative estimate of drug-likeness (QED) is 0.547. The molecule has 2 amide bonds. The maximum absolute atomic E-state index is 12.3. The number of carbonyl (C=O) groups excluding carboxylic acids is 3. The highest BCUT2D eigenvalue weighted by molar-refractivity contribution is 7.89. The van der Waals surface area contributed by atoms with E-state index in [0.717, 1.165) is 11.1 Å². The Morgan fingerprint density at radius 1 is 1.00 bits per heavy atom. The van der Waals surface area contributed by atoms with E-state index < -0.39 is 27.8 Å². The van der Waals surface area contributed by atoms with E-state index in [1.54, 1.807) is 24.3 Å². The van der Waals surface area contributed by atoms with Crippen molar-refractivity contribution >= 4 is 27.8 Å². The van der Waals surface area contributed by atoms with Gasteiger partial charge in [0.25, 0.3) is 11.8 Å². The van der Waals surface area contributed by atoms with E-state index in [1.165, 1.54) is 18.2 Å². The van der Waals surface area contributed by atoms with E-state index in [-0.39, 0.29) is 35.4 Å². The second-order valence-electron chi connectivity index (χ2n) is 6.66. The summed E-state index contributed by atoms with van der Waals surface area (Å²) in [5.41, 5.74) is 2.19. The molecule has 29 heavy (non-hydrogen) atoms. The average molecular weight is 416 g/mol. The summed E-state index contributed by atoms with van der Waals surface area (Å²) in [7, 11) is -3.69. The molecule has 8 nitrogen and oxygen atoms in total. The van der Waals surface area contributed by atoms with Crippen LogP contribution in [0, 0.1) is 13.8 Å². The summed E-state index contributed by atoms with van der Waals surface area (Å²) >= 11 is 0. The van der Waals surface area contributed by atoms with Crippen LogP contribution < -0.4 is 4.72 Å². The average Bonchev–Trinajstić information content (AvgIpc) is 2.92. The van der Waals surface area contributed by atoms with Gasteiger partial charge in [-0.15, -0.1) is 0 Å². The molecule has 2 aromatic rings. The smallest absolute Gasteiger partial charge is 0.330 e. The molecule has 0 radical (unpaired) electrons. The van der Waals surface area contributed by atoms with Crippen molar-refractivity contribution in [3.8, 4) is 0 Å². The third-order valence-electron chi connectivity index (χ3n) is 4.59. The largest absolute Gasteiger partial charge is 0.333 e. The summed E-state index contributed by atoms with van der Waals surface area (Å²) in [6.45, 7) is 3.72. The number of hydroxylamine groups is 2. The number of nitrogens with zero attached hydrogens (tertiary/aromatic N) is 1. The fraction of sp³-hybridized carbons (Fsp3) is 0.250. The lowest BCUT2D eigenvalue weighted by atomic mass is 10.1. The Balaban J connectivity index is 1.50. The fourth-order valence-electron chi connectivity index (χ4n) is 2.80. The first-order chi connectivity index (χ1) is 13.7. The number of imide groups is 1. The molecule has 1 heterocycles. The first-order valence-corrected chi connectivity index (χ1v) is 10.4. The highest BCUT2D eigenvalue weighted by Gasteiger charge is 2.38. The van der Waals surface area contributed by atoms with E-state index in [1.807, 2.05) is 13.8 Å². The van der Waals surface area contributed by atoms with E-state index in [2.05, 4.69) is 4.72 Å². The molecule has 9 heteroatoms. The SMILES string of the molecule is Cc1ccc(S(=O)(=O)NCCCC(=O)ON2C(=O)c3ccccc3C2=O)cc1C. The van der Waals surface area contributed by atoms with Gasteiger partial charge in [-0.1, -0.05) is 23.3 Å². The van der Waals surface area contributed by atoms with Crippen molar-refractivity contribution in [2.24, 2.45) is 0 Å². The minimum Gasteiger partial charge on any atom is -0.330 e. The molecule has 1 aliphatic heterocycles. The van der Waals surface area contributed by atoms with Gasteiger partial charge in [-0.3, -0.25) is 9.59 Å². The minimum atomic E-state index is -3.69. The first-order valence-electron chi connectivity index (χ1n) is 8.96. The van der Waals surface area contributed by atoms with Crippen molar-refractivity contribution in [2.45, 2.75) is 31.6 Å². The zero-order chi connectivity index (χ0) is 21.2. The highest BCUT2D eigenvalue weighted by atomic mass is 32.2. The van der Waals surface area contributed by atoms with Gasteiger partial charge in [-0.25, -0.2) is 17.9 Å². The van der Waals surface area contributed by atoms with Crippen LogP contribution in [0.15, 0.2) is 47.4 Å². The van der Waals surface area contributed by atoms with Crippen molar-refractivity contribution in [1.29, 1.82) is 0 Å². The minimum absolute atomic E-state index is 0.00642. The number of amides is 2. The Morgan fingerprint density at radius 3 is 2.21 bits per heavy atom. The molecule has 1 aliphatic rings. The van der Waals surface area contributed by atoms with E-state index in [0.29, 0.717) is 5.06 Å². The Kier molecular flexibility index (Phi) is 5.81. The van der Waals surface area contributed by atoms with Crippen LogP contribution in [0.5, 0.6) is 0 Å². The summed E-state index contributed by atoms with van der Waals surface area (Å²) in [5, 5.41) is 0.437. The zero-order valence-electron chi connectivity index (χ0n) is 16.0. The summed E-state index contributed by atoms with van der Waals surface area (Å²) in [6.07, 6.45) is -0.0189. The number of benzene rings is 2. The number of carbonyl (C=O) groups is 3. The van der Waals surface area contributed by atoms with Crippen molar-refractivity contribution in [3.05, 3.63) is 64.7 Å². The summed E-state index contributed by atoms with van der Waals surface area (Å²) in [4.78, 5) is 41.3. The van der Waals surface area contributed by atoms with Gasteiger partial charge in [0, 0.05) is 13.0 Å². The predicted octanol–water partition coefficient (Wildman–Crippen LogP) is 2.12. The van der Waals surface area contributed by atoms with Crippen LogP contribution >= 0.6 is 0 Å². The van der Waals surface area contributed by atoms with Gasteiger partial charge >= 0.3 is 5.97 Å². The molecule has 0 unspecified atom stereocenters. The standard InChI is InChI=1S/C20H20N2O6S/c1-13-9-10-15(12-14(13)2)29(26,27)21-11-5-8-18(23)28-22-19(24)16-6-3-4-7-17(16)20(22)25/h3-4,6-7,9-10,12,21H,5,8,11H2,1-2H3. The normalized spacial score (nSPS) is 13.5. The monoisotopic (exact) mass is 416 g/mol. The van der Waals surface area contributed by atoms with Crippen LogP contribution in [0.3, 0.4) is 0 Å². The van der Waals surface area contributed by atoms with Crippen LogP contribution in [-0.4, -0.2) is 37.8 Å². The Bertz CT molecular complexity index is 1060. The van der Waals surface area contributed by atoms with E-state index >= 15 is 0 Å². The Hall–Kier alpha value is -3.04. The molecule has 152 valence electrons. The molecule has 0 aromatic heterocycles. The lowest BCUT2D eigenvalue weighted by Crippen LogP contribution is -2.33. The number of hydrogen-bond donors (Lipinski definition) is 1.